The predicted octanol–water partition coefficient (Wildman–Crippen LogP) is 3.73. The van der Waals surface area contributed by atoms with Crippen LogP contribution in [-0.4, -0.2) is 31.3 Å². The second-order valence-corrected chi connectivity index (χ2v) is 18.1. The molecule has 0 spiro atoms. The number of rotatable bonds is 2. The first kappa shape index (κ1) is 68.4. The normalized spacial score (nSPS) is 4.95. The Balaban J connectivity index is -0.00000000706. The van der Waals surface area contributed by atoms with Gasteiger partial charge in [0.25, 0.3) is 0 Å². The first-order chi connectivity index (χ1) is 6.22. The van der Waals surface area contributed by atoms with E-state index in [4.69, 9.17) is 10.00 Å². The van der Waals surface area contributed by atoms with Crippen molar-refractivity contribution in [3.05, 3.63) is 0 Å². The third-order valence-corrected chi connectivity index (χ3v) is 0.937. The molecule has 8 heteroatoms. The van der Waals surface area contributed by atoms with Crippen molar-refractivity contribution in [2.24, 2.45) is 0 Å². The third-order valence-electron chi connectivity index (χ3n) is 0.312. The topological polar surface area (TPSA) is 58.9 Å². The zero-order valence-corrected chi connectivity index (χ0v) is 15.7. The van der Waals surface area contributed by atoms with E-state index in [2.05, 4.69) is 46.3 Å². The molecule has 0 fully saturated rings. The molecular formula is C11H41I3O4P-. The van der Waals surface area contributed by atoms with E-state index >= 15 is 0 Å². The van der Waals surface area contributed by atoms with Gasteiger partial charge in [-0.1, -0.05) is 58.4 Å². The molecule has 0 saturated heterocycles. The van der Waals surface area contributed by atoms with Gasteiger partial charge in [-0.15, -0.1) is 0 Å². The molecule has 136 valence electrons. The van der Waals surface area contributed by atoms with E-state index in [0.29, 0.717) is 13.3 Å². The van der Waals surface area contributed by atoms with E-state index < -0.39 is 8.60 Å². The summed E-state index contributed by atoms with van der Waals surface area (Å²) in [7, 11) is 2.19. The molecule has 0 bridgehead atoms. The Bertz CT molecular complexity index is 56.9. The van der Waals surface area contributed by atoms with Crippen molar-refractivity contribution in [3.8, 4) is 0 Å². The molecule has 0 aliphatic carbocycles. The average Bonchev–Trinajstić information content (AvgIpc) is 2.24. The monoisotopic (exact) mass is 649 g/mol. The molecule has 0 rings (SSSR count). The fourth-order valence-electron chi connectivity index (χ4n) is 0.0745. The minimum absolute atomic E-state index is 0. The molecule has 0 heterocycles. The summed E-state index contributed by atoms with van der Waals surface area (Å²) in [5.74, 6) is 0. The van der Waals surface area contributed by atoms with Crippen molar-refractivity contribution in [1.29, 1.82) is 0 Å². The summed E-state index contributed by atoms with van der Waals surface area (Å²) in [6.07, 6.45) is 0. The van der Waals surface area contributed by atoms with Crippen LogP contribution in [0.3, 0.4) is 0 Å². The van der Waals surface area contributed by atoms with Gasteiger partial charge in [-0.2, -0.15) is 0 Å². The van der Waals surface area contributed by atoms with Crippen LogP contribution in [-0.2, 0) is 9.05 Å². The van der Waals surface area contributed by atoms with Crippen LogP contribution in [0.2, 0.25) is 0 Å². The molecule has 0 amide bonds. The van der Waals surface area contributed by atoms with E-state index in [-0.39, 0.29) is 44.6 Å². The van der Waals surface area contributed by atoms with Gasteiger partial charge in [0.15, 0.2) is 0 Å². The summed E-state index contributed by atoms with van der Waals surface area (Å²) in [6.45, 7) is 4.00. The Morgan fingerprint density at radius 1 is 0.789 bits per heavy atom. The summed E-state index contributed by atoms with van der Waals surface area (Å²) in [6, 6.07) is 0. The van der Waals surface area contributed by atoms with Crippen molar-refractivity contribution in [3.63, 3.8) is 0 Å². The first-order valence-corrected chi connectivity index (χ1v) is 16.8. The zero-order valence-electron chi connectivity index (χ0n) is 8.29. The minimum atomic E-state index is -1.58. The van der Waals surface area contributed by atoms with Crippen LogP contribution < -0.4 is 13.3 Å². The number of hydrogen-bond donors (Lipinski definition) is 2. The molecule has 0 aromatic rings. The van der Waals surface area contributed by atoms with E-state index in [9.17, 15) is 0 Å². The van der Waals surface area contributed by atoms with E-state index in [1.165, 1.54) is 14.2 Å². The number of halogens is 3. The standard InChI is InChI=1S/C2H7O3P.C2H6.CH4O.6CH4.I3/c1-4-6(3)5-2;2*1-2;;;;;;;1-3-2/h3H,1-2H3;1-2H3;2H,1H3;6*1H4;/q;;;;;;;;;-1. The van der Waals surface area contributed by atoms with Crippen molar-refractivity contribution in [2.75, 3.05) is 21.3 Å². The molecule has 0 radical (unpaired) electrons. The number of aliphatic hydroxyl groups excluding tert-OH is 1. The van der Waals surface area contributed by atoms with Crippen LogP contribution in [0.5, 0.6) is 0 Å². The van der Waals surface area contributed by atoms with Crippen molar-refractivity contribution in [1.82, 2.24) is 0 Å². The molecular weight excluding hydrogens is 608 g/mol. The van der Waals surface area contributed by atoms with Gasteiger partial charge in [-0.3, -0.25) is 0 Å². The molecule has 0 unspecified atom stereocenters. The Kier molecular flexibility index (Phi) is 390. The first-order valence-electron chi connectivity index (χ1n) is 3.11. The molecule has 0 saturated carbocycles. The molecule has 19 heavy (non-hydrogen) atoms. The SMILES string of the molecule is C.C.C.C.C.C.CC.CO.COP(O)OC.I[I-]I. The fourth-order valence-corrected chi connectivity index (χ4v) is 0.224. The summed E-state index contributed by atoms with van der Waals surface area (Å²) in [4.78, 5) is 8.29. The zero-order chi connectivity index (χ0) is 11.7. The van der Waals surface area contributed by atoms with Gasteiger partial charge >= 0.3 is 59.1 Å². The van der Waals surface area contributed by atoms with E-state index in [0.717, 1.165) is 7.11 Å². The van der Waals surface area contributed by atoms with Crippen LogP contribution in [0.15, 0.2) is 0 Å². The second-order valence-electron chi connectivity index (χ2n) is 0.657. The second kappa shape index (κ2) is 108. The van der Waals surface area contributed by atoms with Crippen molar-refractivity contribution < 1.29 is 32.3 Å². The fraction of sp³-hybridized carbons (Fsp3) is 1.00. The van der Waals surface area contributed by atoms with Crippen molar-refractivity contribution >= 4 is 45.8 Å². The van der Waals surface area contributed by atoms with Crippen LogP contribution in [0, 0.1) is 0 Å². The Labute approximate surface area is 156 Å². The molecule has 0 aliphatic heterocycles. The molecule has 0 aliphatic rings. The Hall–Kier alpha value is 2.46. The summed E-state index contributed by atoms with van der Waals surface area (Å²) in [5.41, 5.74) is 0. The van der Waals surface area contributed by atoms with Crippen LogP contribution in [0.4, 0.5) is 0 Å². The van der Waals surface area contributed by atoms with Crippen LogP contribution in [0.25, 0.3) is 0 Å². The van der Waals surface area contributed by atoms with E-state index in [1.54, 1.807) is 0 Å². The van der Waals surface area contributed by atoms with Gasteiger partial charge in [0.2, 0.25) is 0 Å². The number of aliphatic hydroxyl groups is 1. The summed E-state index contributed by atoms with van der Waals surface area (Å²) >= 11 is 5.30. The summed E-state index contributed by atoms with van der Waals surface area (Å²) < 4.78 is 8.59. The van der Waals surface area contributed by atoms with Gasteiger partial charge < -0.3 is 19.0 Å². The molecule has 2 N–H and O–H groups in total. The van der Waals surface area contributed by atoms with Gasteiger partial charge in [-0.05, 0) is 0 Å². The number of hydrogen-bond acceptors (Lipinski definition) is 4. The predicted molar refractivity (Wildman–Crippen MR) is 111 cm³/mol. The molecule has 0 atom stereocenters. The van der Waals surface area contributed by atoms with Gasteiger partial charge in [0.05, 0.1) is 0 Å². The van der Waals surface area contributed by atoms with Gasteiger partial charge in [-0.25, -0.2) is 0 Å². The quantitative estimate of drug-likeness (QED) is 0.354. The average molecular weight is 649 g/mol. The maximum atomic E-state index is 8.29. The molecule has 4 nitrogen and oxygen atoms in total. The Morgan fingerprint density at radius 2 is 0.895 bits per heavy atom. The molecule has 0 aromatic heterocycles. The van der Waals surface area contributed by atoms with Gasteiger partial charge in [0.1, 0.15) is 0 Å². The Morgan fingerprint density at radius 3 is 0.895 bits per heavy atom. The maximum absolute atomic E-state index is 8.29. The van der Waals surface area contributed by atoms with Crippen LogP contribution in [0.1, 0.15) is 58.4 Å². The van der Waals surface area contributed by atoms with Crippen molar-refractivity contribution in [2.45, 2.75) is 58.4 Å². The van der Waals surface area contributed by atoms with Crippen LogP contribution >= 0.6 is 45.8 Å². The summed E-state index contributed by atoms with van der Waals surface area (Å²) in [5, 5.41) is 7.00. The molecule has 0 aromatic carbocycles. The van der Waals surface area contributed by atoms with E-state index in [1.807, 2.05) is 13.8 Å². The van der Waals surface area contributed by atoms with Gasteiger partial charge in [0, 0.05) is 21.3 Å². The third kappa shape index (κ3) is 167.